The van der Waals surface area contributed by atoms with E-state index in [2.05, 4.69) is 46.8 Å². The van der Waals surface area contributed by atoms with Crippen molar-refractivity contribution in [3.05, 3.63) is 23.3 Å². The molecule has 2 atom stereocenters. The van der Waals surface area contributed by atoms with Crippen LogP contribution in [0.4, 0.5) is 0 Å². The monoisotopic (exact) mass is 222 g/mol. The summed E-state index contributed by atoms with van der Waals surface area (Å²) in [5.74, 6) is 0.591. The zero-order valence-corrected chi connectivity index (χ0v) is 11.6. The second-order valence-corrected chi connectivity index (χ2v) is 6.30. The Bertz CT molecular complexity index is 313. The molecule has 0 saturated carbocycles. The molecule has 0 saturated heterocycles. The Morgan fingerprint density at radius 2 is 2.00 bits per heavy atom. The van der Waals surface area contributed by atoms with Crippen LogP contribution in [-0.2, 0) is 0 Å². The summed E-state index contributed by atoms with van der Waals surface area (Å²) in [5, 5.41) is 10.4. The van der Waals surface area contributed by atoms with E-state index in [-0.39, 0.29) is 5.41 Å². The van der Waals surface area contributed by atoms with Crippen molar-refractivity contribution in [1.29, 1.82) is 0 Å². The van der Waals surface area contributed by atoms with Crippen molar-refractivity contribution in [3.63, 3.8) is 0 Å². The van der Waals surface area contributed by atoms with Gasteiger partial charge < -0.3 is 5.11 Å². The average Bonchev–Trinajstić information content (AvgIpc) is 2.14. The zero-order valence-electron chi connectivity index (χ0n) is 11.6. The van der Waals surface area contributed by atoms with Gasteiger partial charge >= 0.3 is 0 Å². The molecule has 0 heterocycles. The molecule has 0 amide bonds. The standard InChI is InChI=1S/C15H26O/c1-7-11(2)12-8-9-15(6,16)13(10-12)14(3,4)5/h8,10-11,16H,7,9H2,1-6H3. The molecule has 0 aliphatic heterocycles. The summed E-state index contributed by atoms with van der Waals surface area (Å²) in [5.41, 5.74) is 1.92. The molecule has 0 radical (unpaired) electrons. The molecule has 1 nitrogen and oxygen atoms in total. The van der Waals surface area contributed by atoms with Crippen LogP contribution in [0.25, 0.3) is 0 Å². The van der Waals surface area contributed by atoms with E-state index in [0.717, 1.165) is 18.4 Å². The summed E-state index contributed by atoms with van der Waals surface area (Å²) >= 11 is 0. The molecule has 0 aromatic heterocycles. The largest absolute Gasteiger partial charge is 0.385 e. The molecular formula is C15H26O. The molecule has 1 aliphatic rings. The van der Waals surface area contributed by atoms with Crippen molar-refractivity contribution < 1.29 is 5.11 Å². The highest BCUT2D eigenvalue weighted by molar-refractivity contribution is 5.38. The number of allylic oxidation sites excluding steroid dienone is 2. The van der Waals surface area contributed by atoms with Crippen LogP contribution in [0.2, 0.25) is 0 Å². The van der Waals surface area contributed by atoms with E-state index in [1.165, 1.54) is 5.57 Å². The van der Waals surface area contributed by atoms with Gasteiger partial charge in [-0.3, -0.25) is 0 Å². The van der Waals surface area contributed by atoms with Gasteiger partial charge in [-0.1, -0.05) is 46.8 Å². The van der Waals surface area contributed by atoms with Gasteiger partial charge in [0.1, 0.15) is 0 Å². The molecular weight excluding hydrogens is 196 g/mol. The first-order chi connectivity index (χ1) is 7.18. The Morgan fingerprint density at radius 3 is 2.44 bits per heavy atom. The molecule has 1 aliphatic carbocycles. The number of hydrogen-bond acceptors (Lipinski definition) is 1. The first-order valence-electron chi connectivity index (χ1n) is 6.33. The van der Waals surface area contributed by atoms with Gasteiger partial charge in [-0.05, 0) is 42.2 Å². The van der Waals surface area contributed by atoms with Crippen LogP contribution in [0.3, 0.4) is 0 Å². The highest BCUT2D eigenvalue weighted by Gasteiger charge is 2.35. The quantitative estimate of drug-likeness (QED) is 0.746. The minimum atomic E-state index is -0.671. The molecule has 1 N–H and O–H groups in total. The Balaban J connectivity index is 3.08. The Labute approximate surface area is 100 Å². The lowest BCUT2D eigenvalue weighted by Gasteiger charge is -2.38. The van der Waals surface area contributed by atoms with Crippen LogP contribution in [0, 0.1) is 11.3 Å². The van der Waals surface area contributed by atoms with E-state index in [1.807, 2.05) is 6.92 Å². The predicted molar refractivity (Wildman–Crippen MR) is 70.3 cm³/mol. The van der Waals surface area contributed by atoms with E-state index in [1.54, 1.807) is 0 Å². The smallest absolute Gasteiger partial charge is 0.0871 e. The normalized spacial score (nSPS) is 28.4. The molecule has 2 unspecified atom stereocenters. The molecule has 0 aromatic rings. The highest BCUT2D eigenvalue weighted by atomic mass is 16.3. The van der Waals surface area contributed by atoms with Crippen molar-refractivity contribution in [3.8, 4) is 0 Å². The van der Waals surface area contributed by atoms with Gasteiger partial charge in [0, 0.05) is 0 Å². The SMILES string of the molecule is CCC(C)C1=CCC(C)(O)C(C(C)(C)C)=C1. The molecule has 0 aromatic carbocycles. The molecule has 0 bridgehead atoms. The lowest BCUT2D eigenvalue weighted by molar-refractivity contribution is 0.0791. The Kier molecular flexibility index (Phi) is 3.69. The van der Waals surface area contributed by atoms with E-state index in [9.17, 15) is 5.11 Å². The van der Waals surface area contributed by atoms with E-state index >= 15 is 0 Å². The molecule has 16 heavy (non-hydrogen) atoms. The number of aliphatic hydroxyl groups is 1. The number of hydrogen-bond donors (Lipinski definition) is 1. The minimum Gasteiger partial charge on any atom is -0.385 e. The van der Waals surface area contributed by atoms with Gasteiger partial charge in [0.25, 0.3) is 0 Å². The summed E-state index contributed by atoms with van der Waals surface area (Å²) in [7, 11) is 0. The summed E-state index contributed by atoms with van der Waals surface area (Å²) in [4.78, 5) is 0. The third kappa shape index (κ3) is 2.76. The third-order valence-corrected chi connectivity index (χ3v) is 3.62. The van der Waals surface area contributed by atoms with Crippen LogP contribution in [0.1, 0.15) is 54.4 Å². The van der Waals surface area contributed by atoms with Crippen LogP contribution >= 0.6 is 0 Å². The summed E-state index contributed by atoms with van der Waals surface area (Å²) in [6.45, 7) is 12.9. The highest BCUT2D eigenvalue weighted by Crippen LogP contribution is 2.41. The van der Waals surface area contributed by atoms with Crippen molar-refractivity contribution >= 4 is 0 Å². The fourth-order valence-corrected chi connectivity index (χ4v) is 2.41. The van der Waals surface area contributed by atoms with Crippen molar-refractivity contribution in [2.45, 2.75) is 60.0 Å². The summed E-state index contributed by atoms with van der Waals surface area (Å²) < 4.78 is 0. The molecule has 0 spiro atoms. The Morgan fingerprint density at radius 1 is 1.44 bits per heavy atom. The van der Waals surface area contributed by atoms with Gasteiger partial charge in [0.2, 0.25) is 0 Å². The van der Waals surface area contributed by atoms with Gasteiger partial charge in [-0.2, -0.15) is 0 Å². The topological polar surface area (TPSA) is 20.2 Å². The fraction of sp³-hybridized carbons (Fsp3) is 0.733. The molecule has 0 fully saturated rings. The third-order valence-electron chi connectivity index (χ3n) is 3.62. The van der Waals surface area contributed by atoms with Crippen molar-refractivity contribution in [2.75, 3.05) is 0 Å². The second-order valence-electron chi connectivity index (χ2n) is 6.30. The first-order valence-corrected chi connectivity index (χ1v) is 6.33. The lowest BCUT2D eigenvalue weighted by atomic mass is 9.71. The molecule has 1 rings (SSSR count). The molecule has 92 valence electrons. The lowest BCUT2D eigenvalue weighted by Crippen LogP contribution is -2.35. The van der Waals surface area contributed by atoms with Gasteiger partial charge in [-0.25, -0.2) is 0 Å². The summed E-state index contributed by atoms with van der Waals surface area (Å²) in [6, 6.07) is 0. The van der Waals surface area contributed by atoms with Gasteiger partial charge in [-0.15, -0.1) is 0 Å². The fourth-order valence-electron chi connectivity index (χ4n) is 2.41. The van der Waals surface area contributed by atoms with Crippen molar-refractivity contribution in [1.82, 2.24) is 0 Å². The summed E-state index contributed by atoms with van der Waals surface area (Å²) in [6.07, 6.45) is 6.32. The van der Waals surface area contributed by atoms with E-state index in [4.69, 9.17) is 0 Å². The maximum atomic E-state index is 10.4. The van der Waals surface area contributed by atoms with E-state index < -0.39 is 5.60 Å². The maximum Gasteiger partial charge on any atom is 0.0871 e. The van der Waals surface area contributed by atoms with Gasteiger partial charge in [0.15, 0.2) is 0 Å². The molecule has 1 heteroatoms. The van der Waals surface area contributed by atoms with E-state index in [0.29, 0.717) is 5.92 Å². The first kappa shape index (κ1) is 13.5. The predicted octanol–water partition coefficient (Wildman–Crippen LogP) is 4.09. The minimum absolute atomic E-state index is 0.0382. The van der Waals surface area contributed by atoms with Crippen molar-refractivity contribution in [2.24, 2.45) is 11.3 Å². The maximum absolute atomic E-state index is 10.4. The van der Waals surface area contributed by atoms with Crippen LogP contribution in [0.5, 0.6) is 0 Å². The average molecular weight is 222 g/mol. The van der Waals surface area contributed by atoms with Crippen LogP contribution in [-0.4, -0.2) is 10.7 Å². The zero-order chi connectivity index (χ0) is 12.6. The van der Waals surface area contributed by atoms with Crippen LogP contribution in [0.15, 0.2) is 23.3 Å². The number of rotatable bonds is 2. The van der Waals surface area contributed by atoms with Gasteiger partial charge in [0.05, 0.1) is 5.60 Å². The van der Waals surface area contributed by atoms with Crippen LogP contribution < -0.4 is 0 Å². The second kappa shape index (κ2) is 4.37. The Hall–Kier alpha value is -0.560.